The zero-order chi connectivity index (χ0) is 17.6. The average Bonchev–Trinajstić information content (AvgIpc) is 3.04. The van der Waals surface area contributed by atoms with Crippen molar-refractivity contribution in [1.29, 1.82) is 0 Å². The molecule has 1 aromatic heterocycles. The molecule has 0 atom stereocenters. The second-order valence-electron chi connectivity index (χ2n) is 5.86. The first-order valence-electron chi connectivity index (χ1n) is 7.76. The van der Waals surface area contributed by atoms with E-state index in [1.165, 1.54) is 10.3 Å². The predicted octanol–water partition coefficient (Wildman–Crippen LogP) is 3.13. The Bertz CT molecular complexity index is 832. The summed E-state index contributed by atoms with van der Waals surface area (Å²) >= 11 is 0. The third-order valence-corrected chi connectivity index (χ3v) is 4.88. The van der Waals surface area contributed by atoms with Gasteiger partial charge in [0.1, 0.15) is 0 Å². The average molecular weight is 346 g/mol. The fourth-order valence-corrected chi connectivity index (χ4v) is 3.34. The van der Waals surface area contributed by atoms with Gasteiger partial charge in [-0.2, -0.15) is 4.68 Å². The Morgan fingerprint density at radius 2 is 1.83 bits per heavy atom. The second kappa shape index (κ2) is 8.01. The minimum absolute atomic E-state index is 0.110. The molecule has 0 radical (unpaired) electrons. The van der Waals surface area contributed by atoms with Crippen molar-refractivity contribution in [2.24, 2.45) is 0 Å². The Morgan fingerprint density at radius 1 is 1.12 bits per heavy atom. The zero-order valence-electron chi connectivity index (χ0n) is 14.2. The number of aromatic nitrogens is 4. The van der Waals surface area contributed by atoms with Gasteiger partial charge in [0.25, 0.3) is 5.16 Å². The lowest BCUT2D eigenvalue weighted by atomic mass is 10.1. The predicted molar refractivity (Wildman–Crippen MR) is 93.6 cm³/mol. The lowest BCUT2D eigenvalue weighted by Gasteiger charge is -2.04. The number of para-hydroxylation sites is 1. The number of benzene rings is 1. The molecule has 6 nitrogen and oxygen atoms in total. The first kappa shape index (κ1) is 18.1. The third kappa shape index (κ3) is 4.86. The van der Waals surface area contributed by atoms with Crippen LogP contribution in [0.1, 0.15) is 33.6 Å². The van der Waals surface area contributed by atoms with Gasteiger partial charge in [-0.25, -0.2) is 8.42 Å². The largest absolute Gasteiger partial charge is 0.272 e. The van der Waals surface area contributed by atoms with E-state index in [1.807, 2.05) is 26.8 Å². The van der Waals surface area contributed by atoms with Crippen molar-refractivity contribution in [2.75, 3.05) is 5.75 Å². The third-order valence-electron chi connectivity index (χ3n) is 3.46. The van der Waals surface area contributed by atoms with E-state index in [4.69, 9.17) is 0 Å². The van der Waals surface area contributed by atoms with Crippen LogP contribution in [-0.4, -0.2) is 34.4 Å². The molecule has 0 aliphatic heterocycles. The Kier molecular flexibility index (Phi) is 6.03. The van der Waals surface area contributed by atoms with Gasteiger partial charge < -0.3 is 0 Å². The lowest BCUT2D eigenvalue weighted by molar-refractivity contribution is 0.583. The molecule has 0 bridgehead atoms. The molecule has 0 saturated heterocycles. The number of hydrogen-bond acceptors (Lipinski definition) is 5. The summed E-state index contributed by atoms with van der Waals surface area (Å²) in [5, 5.41) is 10.9. The van der Waals surface area contributed by atoms with Crippen LogP contribution in [-0.2, 0) is 9.84 Å². The van der Waals surface area contributed by atoms with Gasteiger partial charge in [-0.3, -0.25) is 0 Å². The summed E-state index contributed by atoms with van der Waals surface area (Å²) in [5.41, 5.74) is 2.91. The molecule has 1 heterocycles. The van der Waals surface area contributed by atoms with Gasteiger partial charge in [-0.05, 0) is 56.2 Å². The summed E-state index contributed by atoms with van der Waals surface area (Å²) in [4.78, 5) is 0. The van der Waals surface area contributed by atoms with E-state index in [9.17, 15) is 8.42 Å². The van der Waals surface area contributed by atoms with Crippen LogP contribution in [0.15, 0.2) is 58.8 Å². The molecule has 0 fully saturated rings. The van der Waals surface area contributed by atoms with E-state index >= 15 is 0 Å². The molecule has 0 spiro atoms. The minimum atomic E-state index is -3.60. The maximum absolute atomic E-state index is 12.6. The van der Waals surface area contributed by atoms with Crippen LogP contribution in [0.3, 0.4) is 0 Å². The van der Waals surface area contributed by atoms with E-state index in [-0.39, 0.29) is 10.9 Å². The number of nitrogens with zero attached hydrogens (tertiary/aromatic N) is 4. The standard InChI is InChI=1S/C17H22N4O2S/c1-14(2)8-7-9-15(3)12-13-24(22,23)17-18-19-20-21(17)16-10-5-4-6-11-16/h4-6,8,10-12H,7,9,13H2,1-3H3/b15-12+. The van der Waals surface area contributed by atoms with Crippen LogP contribution in [0.2, 0.25) is 0 Å². The lowest BCUT2D eigenvalue weighted by Crippen LogP contribution is -2.13. The summed E-state index contributed by atoms with van der Waals surface area (Å²) in [6.45, 7) is 6.04. The van der Waals surface area contributed by atoms with Crippen molar-refractivity contribution >= 4 is 9.84 Å². The molecular weight excluding hydrogens is 324 g/mol. The topological polar surface area (TPSA) is 77.7 Å². The molecule has 2 rings (SSSR count). The van der Waals surface area contributed by atoms with Crippen molar-refractivity contribution in [3.05, 3.63) is 53.6 Å². The van der Waals surface area contributed by atoms with Crippen molar-refractivity contribution in [2.45, 2.75) is 38.8 Å². The quantitative estimate of drug-likeness (QED) is 0.720. The normalized spacial score (nSPS) is 12.2. The molecule has 7 heteroatoms. The van der Waals surface area contributed by atoms with Gasteiger partial charge in [0, 0.05) is 0 Å². The van der Waals surface area contributed by atoms with Gasteiger partial charge in [0.05, 0.1) is 11.4 Å². The highest BCUT2D eigenvalue weighted by atomic mass is 32.2. The fraction of sp³-hybridized carbons (Fsp3) is 0.353. The number of allylic oxidation sites excluding steroid dienone is 3. The van der Waals surface area contributed by atoms with Gasteiger partial charge in [0.15, 0.2) is 0 Å². The summed E-state index contributed by atoms with van der Waals surface area (Å²) in [6, 6.07) is 8.98. The van der Waals surface area contributed by atoms with Crippen molar-refractivity contribution in [1.82, 2.24) is 20.2 Å². The maximum Gasteiger partial charge on any atom is 0.272 e. The van der Waals surface area contributed by atoms with Crippen molar-refractivity contribution in [3.63, 3.8) is 0 Å². The molecule has 0 saturated carbocycles. The Morgan fingerprint density at radius 3 is 2.50 bits per heavy atom. The molecule has 0 N–H and O–H groups in total. The maximum atomic E-state index is 12.6. The van der Waals surface area contributed by atoms with Crippen LogP contribution in [0.25, 0.3) is 5.69 Å². The molecular formula is C17H22N4O2S. The summed E-state index contributed by atoms with van der Waals surface area (Å²) < 4.78 is 26.4. The highest BCUT2D eigenvalue weighted by Gasteiger charge is 2.22. The van der Waals surface area contributed by atoms with Gasteiger partial charge in [-0.15, -0.1) is 0 Å². The smallest absolute Gasteiger partial charge is 0.220 e. The highest BCUT2D eigenvalue weighted by molar-refractivity contribution is 7.91. The van der Waals surface area contributed by atoms with E-state index in [2.05, 4.69) is 21.6 Å². The van der Waals surface area contributed by atoms with Crippen LogP contribution in [0, 0.1) is 0 Å². The zero-order valence-corrected chi connectivity index (χ0v) is 15.0. The fourth-order valence-electron chi connectivity index (χ4n) is 2.12. The Hall–Kier alpha value is -2.28. The highest BCUT2D eigenvalue weighted by Crippen LogP contribution is 2.14. The van der Waals surface area contributed by atoms with Crippen molar-refractivity contribution < 1.29 is 8.42 Å². The first-order chi connectivity index (χ1) is 11.4. The van der Waals surface area contributed by atoms with Crippen LogP contribution < -0.4 is 0 Å². The van der Waals surface area contributed by atoms with Crippen LogP contribution in [0.5, 0.6) is 0 Å². The second-order valence-corrected chi connectivity index (χ2v) is 7.79. The molecule has 0 amide bonds. The summed E-state index contributed by atoms with van der Waals surface area (Å²) in [5.74, 6) is -0.110. The molecule has 128 valence electrons. The molecule has 0 unspecified atom stereocenters. The number of tetrazole rings is 1. The molecule has 2 aromatic rings. The monoisotopic (exact) mass is 346 g/mol. The molecule has 24 heavy (non-hydrogen) atoms. The molecule has 1 aromatic carbocycles. The van der Waals surface area contributed by atoms with Crippen LogP contribution in [0.4, 0.5) is 0 Å². The SMILES string of the molecule is CC(C)=CCC/C(C)=C/CS(=O)(=O)c1nnnn1-c1ccccc1. The Balaban J connectivity index is 2.15. The van der Waals surface area contributed by atoms with Gasteiger partial charge in [-0.1, -0.05) is 46.6 Å². The van der Waals surface area contributed by atoms with Gasteiger partial charge in [0.2, 0.25) is 9.84 Å². The van der Waals surface area contributed by atoms with Gasteiger partial charge >= 0.3 is 0 Å². The van der Waals surface area contributed by atoms with E-state index < -0.39 is 9.84 Å². The van der Waals surface area contributed by atoms with E-state index in [0.717, 1.165) is 18.4 Å². The molecule has 0 aliphatic carbocycles. The number of rotatable bonds is 7. The summed E-state index contributed by atoms with van der Waals surface area (Å²) in [7, 11) is -3.60. The molecule has 0 aliphatic rings. The summed E-state index contributed by atoms with van der Waals surface area (Å²) in [6.07, 6.45) is 5.62. The minimum Gasteiger partial charge on any atom is -0.220 e. The van der Waals surface area contributed by atoms with Crippen molar-refractivity contribution in [3.8, 4) is 5.69 Å². The number of hydrogen-bond donors (Lipinski definition) is 0. The Labute approximate surface area is 142 Å². The number of sulfone groups is 1. The van der Waals surface area contributed by atoms with Crippen LogP contribution >= 0.6 is 0 Å². The van der Waals surface area contributed by atoms with E-state index in [1.54, 1.807) is 30.3 Å². The first-order valence-corrected chi connectivity index (χ1v) is 9.41. The van der Waals surface area contributed by atoms with E-state index in [0.29, 0.717) is 5.69 Å².